The maximum Gasteiger partial charge on any atom is 0.319 e. The average Bonchev–Trinajstić information content (AvgIpc) is 3.69. The molecule has 1 aromatic heterocycles. The van der Waals surface area contributed by atoms with E-state index in [-0.39, 0.29) is 23.5 Å². The number of phenolic OH excluding ortho intramolecular Hbond substituents is 1. The first-order valence-electron chi connectivity index (χ1n) is 11.3. The van der Waals surface area contributed by atoms with E-state index in [0.29, 0.717) is 54.3 Å². The zero-order chi connectivity index (χ0) is 25.2. The molecule has 2 saturated carbocycles. The molecule has 36 heavy (non-hydrogen) atoms. The molecule has 11 heteroatoms. The van der Waals surface area contributed by atoms with Gasteiger partial charge in [-0.25, -0.2) is 22.9 Å². The molecule has 0 unspecified atom stereocenters. The Hall–Kier alpha value is -4.28. The lowest BCUT2D eigenvalue weighted by molar-refractivity contribution is -0.116. The molecule has 0 radical (unpaired) electrons. The topological polar surface area (TPSA) is 113 Å². The van der Waals surface area contributed by atoms with Crippen LogP contribution in [0.4, 0.5) is 29.5 Å². The largest absolute Gasteiger partial charge is 0.508 e. The number of amides is 3. The molecular formula is C25H19F3N4O4. The molecule has 4 N–H and O–H groups in total. The van der Waals surface area contributed by atoms with Crippen LogP contribution in [0.3, 0.4) is 0 Å². The molecule has 2 fully saturated rings. The van der Waals surface area contributed by atoms with Gasteiger partial charge in [0.25, 0.3) is 0 Å². The summed E-state index contributed by atoms with van der Waals surface area (Å²) in [5, 5.41) is 18.2. The van der Waals surface area contributed by atoms with Crippen molar-refractivity contribution in [1.82, 2.24) is 10.3 Å². The molecule has 3 atom stereocenters. The number of carbonyl (C=O) groups is 2. The Bertz CT molecular complexity index is 1450. The standard InChI is InChI=1S/C25H19F3N4O4/c26-15-8-17(28)18(9-16(15)27)30-24(35)32-25-10-14(25)22(25)13-7-11(1-3-19(13)33)36-20-5-6-29-23-12(20)2-4-21(34)31-23/h1,3,5-9,14,22,33H,2,4,10H2,(H,29,31,34)(H2,30,32,35)/t14-,22+,25-/m0/s1. The van der Waals surface area contributed by atoms with E-state index < -0.39 is 34.7 Å². The molecule has 3 aliphatic rings. The fourth-order valence-electron chi connectivity index (χ4n) is 4.93. The predicted octanol–water partition coefficient (Wildman–Crippen LogP) is 4.56. The van der Waals surface area contributed by atoms with Gasteiger partial charge in [0.1, 0.15) is 28.9 Å². The molecule has 2 aliphatic carbocycles. The van der Waals surface area contributed by atoms with Crippen LogP contribution in [-0.2, 0) is 11.2 Å². The van der Waals surface area contributed by atoms with Crippen molar-refractivity contribution < 1.29 is 32.6 Å². The molecule has 6 rings (SSSR count). The van der Waals surface area contributed by atoms with Gasteiger partial charge in [0.05, 0.1) is 11.2 Å². The number of anilines is 2. The van der Waals surface area contributed by atoms with E-state index in [1.54, 1.807) is 18.2 Å². The summed E-state index contributed by atoms with van der Waals surface area (Å²) in [7, 11) is 0. The number of halogens is 3. The monoisotopic (exact) mass is 496 g/mol. The number of rotatable bonds is 5. The lowest BCUT2D eigenvalue weighted by Gasteiger charge is -2.20. The highest BCUT2D eigenvalue weighted by atomic mass is 19.2. The highest BCUT2D eigenvalue weighted by Gasteiger charge is 2.80. The third-order valence-corrected chi connectivity index (χ3v) is 6.95. The van der Waals surface area contributed by atoms with Crippen LogP contribution in [0.25, 0.3) is 0 Å². The number of pyridine rings is 1. The lowest BCUT2D eigenvalue weighted by Crippen LogP contribution is -2.36. The van der Waals surface area contributed by atoms with Gasteiger partial charge in [0, 0.05) is 41.8 Å². The van der Waals surface area contributed by atoms with Crippen molar-refractivity contribution in [3.8, 4) is 17.2 Å². The first-order chi connectivity index (χ1) is 17.2. The number of aromatic nitrogens is 1. The molecule has 0 saturated heterocycles. The second-order valence-corrected chi connectivity index (χ2v) is 9.16. The molecule has 2 heterocycles. The summed E-state index contributed by atoms with van der Waals surface area (Å²) in [5.41, 5.74) is 0.266. The normalized spacial score (nSPS) is 23.1. The summed E-state index contributed by atoms with van der Waals surface area (Å²) in [6, 6.07) is 6.68. The summed E-state index contributed by atoms with van der Waals surface area (Å²) in [5.74, 6) is -2.46. The van der Waals surface area contributed by atoms with E-state index in [0.717, 1.165) is 5.56 Å². The SMILES string of the molecule is O=C1CCc2c(Oc3ccc(O)c([C@@H]4[C@@H]5C[C@@]45NC(=O)Nc4cc(F)c(F)cc4F)c3)ccnc2N1. The van der Waals surface area contributed by atoms with Crippen LogP contribution in [0.1, 0.15) is 29.9 Å². The van der Waals surface area contributed by atoms with Crippen molar-refractivity contribution in [3.05, 3.63) is 71.2 Å². The molecular weight excluding hydrogens is 477 g/mol. The number of carbonyl (C=O) groups excluding carboxylic acids is 2. The van der Waals surface area contributed by atoms with Crippen LogP contribution in [0.15, 0.2) is 42.6 Å². The predicted molar refractivity (Wildman–Crippen MR) is 121 cm³/mol. The van der Waals surface area contributed by atoms with Gasteiger partial charge in [0.2, 0.25) is 5.91 Å². The van der Waals surface area contributed by atoms with E-state index in [1.165, 1.54) is 12.3 Å². The zero-order valence-electron chi connectivity index (χ0n) is 18.6. The fraction of sp³-hybridized carbons (Fsp3) is 0.240. The van der Waals surface area contributed by atoms with Gasteiger partial charge in [-0.05, 0) is 43.0 Å². The Balaban J connectivity index is 1.17. The Kier molecular flexibility index (Phi) is 4.85. The number of benzene rings is 2. The van der Waals surface area contributed by atoms with Crippen molar-refractivity contribution >= 4 is 23.4 Å². The average molecular weight is 496 g/mol. The van der Waals surface area contributed by atoms with Gasteiger partial charge in [-0.2, -0.15) is 0 Å². The van der Waals surface area contributed by atoms with Crippen LogP contribution in [0.2, 0.25) is 0 Å². The smallest absolute Gasteiger partial charge is 0.319 e. The highest BCUT2D eigenvalue weighted by Crippen LogP contribution is 2.77. The van der Waals surface area contributed by atoms with E-state index in [9.17, 15) is 27.9 Å². The number of hydrogen-bond acceptors (Lipinski definition) is 5. The number of nitrogens with zero attached hydrogens (tertiary/aromatic N) is 1. The summed E-state index contributed by atoms with van der Waals surface area (Å²) in [6.45, 7) is 0. The summed E-state index contributed by atoms with van der Waals surface area (Å²) < 4.78 is 46.5. The molecule has 0 spiro atoms. The third kappa shape index (κ3) is 3.67. The number of urea groups is 1. The Morgan fingerprint density at radius 3 is 2.72 bits per heavy atom. The Morgan fingerprint density at radius 1 is 1.11 bits per heavy atom. The number of aromatic hydroxyl groups is 1. The minimum Gasteiger partial charge on any atom is -0.508 e. The quantitative estimate of drug-likeness (QED) is 0.387. The first-order valence-corrected chi connectivity index (χ1v) is 11.3. The minimum absolute atomic E-state index is 0.0387. The lowest BCUT2D eigenvalue weighted by atomic mass is 9.99. The van der Waals surface area contributed by atoms with E-state index in [4.69, 9.17) is 4.74 Å². The second kappa shape index (κ2) is 7.87. The number of phenols is 1. The van der Waals surface area contributed by atoms with Crippen molar-refractivity contribution in [2.24, 2.45) is 5.92 Å². The second-order valence-electron chi connectivity index (χ2n) is 9.16. The van der Waals surface area contributed by atoms with Gasteiger partial charge in [-0.15, -0.1) is 0 Å². The van der Waals surface area contributed by atoms with Crippen molar-refractivity contribution in [1.29, 1.82) is 0 Å². The van der Waals surface area contributed by atoms with Crippen LogP contribution >= 0.6 is 0 Å². The maximum absolute atomic E-state index is 13.9. The van der Waals surface area contributed by atoms with Gasteiger partial charge in [-0.3, -0.25) is 4.79 Å². The molecule has 1 aliphatic heterocycles. The molecule has 184 valence electrons. The summed E-state index contributed by atoms with van der Waals surface area (Å²) >= 11 is 0. The molecule has 3 aromatic rings. The number of hydrogen-bond donors (Lipinski definition) is 4. The van der Waals surface area contributed by atoms with Crippen molar-refractivity contribution in [3.63, 3.8) is 0 Å². The minimum atomic E-state index is -1.35. The van der Waals surface area contributed by atoms with Crippen molar-refractivity contribution in [2.75, 3.05) is 10.6 Å². The number of ether oxygens (including phenoxy) is 1. The van der Waals surface area contributed by atoms with Crippen LogP contribution in [0.5, 0.6) is 17.2 Å². The van der Waals surface area contributed by atoms with E-state index in [2.05, 4.69) is 20.9 Å². The molecule has 2 aromatic carbocycles. The molecule has 3 amide bonds. The molecule has 8 nitrogen and oxygen atoms in total. The highest BCUT2D eigenvalue weighted by molar-refractivity contribution is 5.93. The Labute approximate surface area is 202 Å². The van der Waals surface area contributed by atoms with E-state index >= 15 is 0 Å². The third-order valence-electron chi connectivity index (χ3n) is 6.95. The van der Waals surface area contributed by atoms with Gasteiger partial charge in [-0.1, -0.05) is 0 Å². The maximum atomic E-state index is 13.9. The summed E-state index contributed by atoms with van der Waals surface area (Å²) in [4.78, 5) is 28.3. The van der Waals surface area contributed by atoms with Crippen LogP contribution < -0.4 is 20.7 Å². The zero-order valence-corrected chi connectivity index (χ0v) is 18.6. The molecule has 0 bridgehead atoms. The van der Waals surface area contributed by atoms with Crippen LogP contribution in [0, 0.1) is 23.4 Å². The Morgan fingerprint density at radius 2 is 1.92 bits per heavy atom. The van der Waals surface area contributed by atoms with Gasteiger partial charge >= 0.3 is 6.03 Å². The van der Waals surface area contributed by atoms with Gasteiger partial charge < -0.3 is 25.8 Å². The van der Waals surface area contributed by atoms with Crippen LogP contribution in [-0.4, -0.2) is 27.6 Å². The fourth-order valence-corrected chi connectivity index (χ4v) is 4.93. The first kappa shape index (κ1) is 22.2. The summed E-state index contributed by atoms with van der Waals surface area (Å²) in [6.07, 6.45) is 3.00. The number of fused-ring (bicyclic) bond motifs is 2. The van der Waals surface area contributed by atoms with Gasteiger partial charge in [0.15, 0.2) is 11.6 Å². The van der Waals surface area contributed by atoms with Crippen molar-refractivity contribution in [2.45, 2.75) is 30.7 Å². The number of nitrogens with one attached hydrogen (secondary N) is 3. The van der Waals surface area contributed by atoms with E-state index in [1.807, 2.05) is 0 Å².